The highest BCUT2D eigenvalue weighted by molar-refractivity contribution is 5.92. The van der Waals surface area contributed by atoms with Crippen LogP contribution in [0.15, 0.2) is 42.5 Å². The third-order valence-electron chi connectivity index (χ3n) is 2.97. The Bertz CT molecular complexity index is 588. The maximum atomic E-state index is 12.0. The Kier molecular flexibility index (Phi) is 3.85. The van der Waals surface area contributed by atoms with Gasteiger partial charge in [0.2, 0.25) is 0 Å². The molecule has 0 aliphatic carbocycles. The van der Waals surface area contributed by atoms with Crippen LogP contribution in [0.4, 0.5) is 5.69 Å². The quantitative estimate of drug-likeness (QED) is 0.676. The second-order valence-corrected chi connectivity index (χ2v) is 4.64. The van der Waals surface area contributed by atoms with Gasteiger partial charge in [-0.2, -0.15) is 0 Å². The standard InChI is InChI=1S/C16H17NO2/c1-11-3-6-13(7-4-11)10-19-16(18)15-9-14(17)8-5-12(15)2/h3-9H,10,17H2,1-2H3. The van der Waals surface area contributed by atoms with E-state index in [9.17, 15) is 4.79 Å². The molecular formula is C16H17NO2. The van der Waals surface area contributed by atoms with E-state index in [1.165, 1.54) is 5.56 Å². The molecule has 0 heterocycles. The second-order valence-electron chi connectivity index (χ2n) is 4.64. The van der Waals surface area contributed by atoms with Gasteiger partial charge in [-0.1, -0.05) is 35.9 Å². The van der Waals surface area contributed by atoms with Gasteiger partial charge in [-0.05, 0) is 37.1 Å². The Balaban J connectivity index is 2.05. The Hall–Kier alpha value is -2.29. The van der Waals surface area contributed by atoms with Crippen LogP contribution in [0.25, 0.3) is 0 Å². The number of aryl methyl sites for hydroxylation is 2. The predicted octanol–water partition coefficient (Wildman–Crippen LogP) is 3.24. The summed E-state index contributed by atoms with van der Waals surface area (Å²) in [7, 11) is 0. The van der Waals surface area contributed by atoms with Gasteiger partial charge in [0, 0.05) is 5.69 Å². The minimum absolute atomic E-state index is 0.271. The highest BCUT2D eigenvalue weighted by Crippen LogP contribution is 2.15. The van der Waals surface area contributed by atoms with E-state index in [-0.39, 0.29) is 12.6 Å². The van der Waals surface area contributed by atoms with Gasteiger partial charge >= 0.3 is 5.97 Å². The molecule has 2 N–H and O–H groups in total. The minimum Gasteiger partial charge on any atom is -0.457 e. The van der Waals surface area contributed by atoms with E-state index in [4.69, 9.17) is 10.5 Å². The summed E-state index contributed by atoms with van der Waals surface area (Å²) in [4.78, 5) is 12.0. The van der Waals surface area contributed by atoms with Crippen LogP contribution in [0.5, 0.6) is 0 Å². The largest absolute Gasteiger partial charge is 0.457 e. The van der Waals surface area contributed by atoms with E-state index in [0.29, 0.717) is 11.3 Å². The van der Waals surface area contributed by atoms with Crippen LogP contribution in [0.2, 0.25) is 0 Å². The predicted molar refractivity (Wildman–Crippen MR) is 75.9 cm³/mol. The van der Waals surface area contributed by atoms with Gasteiger partial charge in [0.25, 0.3) is 0 Å². The maximum Gasteiger partial charge on any atom is 0.338 e. The van der Waals surface area contributed by atoms with E-state index in [1.807, 2.05) is 44.2 Å². The van der Waals surface area contributed by atoms with E-state index < -0.39 is 0 Å². The molecule has 0 saturated heterocycles. The second kappa shape index (κ2) is 5.57. The van der Waals surface area contributed by atoms with E-state index in [1.54, 1.807) is 12.1 Å². The summed E-state index contributed by atoms with van der Waals surface area (Å²) in [6, 6.07) is 13.1. The first-order valence-electron chi connectivity index (χ1n) is 6.15. The Labute approximate surface area is 113 Å². The molecule has 0 aliphatic rings. The molecule has 0 aromatic heterocycles. The molecule has 19 heavy (non-hydrogen) atoms. The van der Waals surface area contributed by atoms with Crippen LogP contribution in [0, 0.1) is 13.8 Å². The van der Waals surface area contributed by atoms with Crippen LogP contribution >= 0.6 is 0 Å². The summed E-state index contributed by atoms with van der Waals surface area (Å²) in [5.74, 6) is -0.342. The molecule has 98 valence electrons. The summed E-state index contributed by atoms with van der Waals surface area (Å²) in [5, 5.41) is 0. The van der Waals surface area contributed by atoms with E-state index in [0.717, 1.165) is 11.1 Å². The van der Waals surface area contributed by atoms with E-state index in [2.05, 4.69) is 0 Å². The topological polar surface area (TPSA) is 52.3 Å². The van der Waals surface area contributed by atoms with Gasteiger partial charge in [0.05, 0.1) is 5.56 Å². The molecule has 3 heteroatoms. The Morgan fingerprint density at radius 1 is 1.11 bits per heavy atom. The molecule has 0 bridgehead atoms. The molecule has 0 atom stereocenters. The number of carbonyl (C=O) groups excluding carboxylic acids is 1. The number of rotatable bonds is 3. The monoisotopic (exact) mass is 255 g/mol. The maximum absolute atomic E-state index is 12.0. The minimum atomic E-state index is -0.342. The van der Waals surface area contributed by atoms with Crippen molar-refractivity contribution in [1.82, 2.24) is 0 Å². The number of hydrogen-bond donors (Lipinski definition) is 1. The van der Waals surface area contributed by atoms with Crippen LogP contribution in [0.3, 0.4) is 0 Å². The molecule has 2 aromatic rings. The van der Waals surface area contributed by atoms with Gasteiger partial charge < -0.3 is 10.5 Å². The summed E-state index contributed by atoms with van der Waals surface area (Å²) in [6.07, 6.45) is 0. The van der Waals surface area contributed by atoms with Crippen LogP contribution in [-0.2, 0) is 11.3 Å². The summed E-state index contributed by atoms with van der Waals surface area (Å²) in [6.45, 7) is 4.15. The highest BCUT2D eigenvalue weighted by Gasteiger charge is 2.10. The fourth-order valence-corrected chi connectivity index (χ4v) is 1.77. The first kappa shape index (κ1) is 13.1. The lowest BCUT2D eigenvalue weighted by Gasteiger charge is -2.08. The van der Waals surface area contributed by atoms with Crippen molar-refractivity contribution in [3.63, 3.8) is 0 Å². The van der Waals surface area contributed by atoms with Crippen molar-refractivity contribution in [2.45, 2.75) is 20.5 Å². The number of nitrogens with two attached hydrogens (primary N) is 1. The Morgan fingerprint density at radius 2 is 1.79 bits per heavy atom. The third kappa shape index (κ3) is 3.35. The average Bonchev–Trinajstić information content (AvgIpc) is 2.40. The molecule has 0 spiro atoms. The van der Waals surface area contributed by atoms with Crippen molar-refractivity contribution in [3.8, 4) is 0 Å². The lowest BCUT2D eigenvalue weighted by molar-refractivity contribution is 0.0472. The number of hydrogen-bond acceptors (Lipinski definition) is 3. The van der Waals surface area contributed by atoms with Crippen molar-refractivity contribution in [1.29, 1.82) is 0 Å². The number of anilines is 1. The molecule has 0 fully saturated rings. The summed E-state index contributed by atoms with van der Waals surface area (Å²) >= 11 is 0. The number of carbonyl (C=O) groups is 1. The Morgan fingerprint density at radius 3 is 2.47 bits per heavy atom. The molecule has 0 aliphatic heterocycles. The van der Waals surface area contributed by atoms with Gasteiger partial charge in [-0.25, -0.2) is 4.79 Å². The number of esters is 1. The zero-order valence-electron chi connectivity index (χ0n) is 11.1. The smallest absolute Gasteiger partial charge is 0.338 e. The lowest BCUT2D eigenvalue weighted by atomic mass is 10.1. The number of nitrogen functional groups attached to an aromatic ring is 1. The number of benzene rings is 2. The molecule has 3 nitrogen and oxygen atoms in total. The van der Waals surface area contributed by atoms with Crippen molar-refractivity contribution >= 4 is 11.7 Å². The first-order valence-corrected chi connectivity index (χ1v) is 6.15. The van der Waals surface area contributed by atoms with Crippen LogP contribution in [-0.4, -0.2) is 5.97 Å². The molecule has 0 unspecified atom stereocenters. The van der Waals surface area contributed by atoms with Crippen LogP contribution in [0.1, 0.15) is 27.0 Å². The normalized spacial score (nSPS) is 10.2. The zero-order chi connectivity index (χ0) is 13.8. The van der Waals surface area contributed by atoms with Gasteiger partial charge in [-0.3, -0.25) is 0 Å². The van der Waals surface area contributed by atoms with Crippen molar-refractivity contribution in [2.24, 2.45) is 0 Å². The van der Waals surface area contributed by atoms with Gasteiger partial charge in [-0.15, -0.1) is 0 Å². The molecule has 0 saturated carbocycles. The average molecular weight is 255 g/mol. The zero-order valence-corrected chi connectivity index (χ0v) is 11.1. The van der Waals surface area contributed by atoms with Crippen molar-refractivity contribution in [3.05, 3.63) is 64.7 Å². The fourth-order valence-electron chi connectivity index (χ4n) is 1.77. The highest BCUT2D eigenvalue weighted by atomic mass is 16.5. The SMILES string of the molecule is Cc1ccc(COC(=O)c2cc(N)ccc2C)cc1. The summed E-state index contributed by atoms with van der Waals surface area (Å²) in [5.41, 5.74) is 9.78. The third-order valence-corrected chi connectivity index (χ3v) is 2.97. The van der Waals surface area contributed by atoms with Crippen LogP contribution < -0.4 is 5.73 Å². The molecule has 2 rings (SSSR count). The fraction of sp³-hybridized carbons (Fsp3) is 0.188. The van der Waals surface area contributed by atoms with Gasteiger partial charge in [0.1, 0.15) is 6.61 Å². The summed E-state index contributed by atoms with van der Waals surface area (Å²) < 4.78 is 5.30. The van der Waals surface area contributed by atoms with Crippen molar-refractivity contribution < 1.29 is 9.53 Å². The van der Waals surface area contributed by atoms with E-state index >= 15 is 0 Å². The van der Waals surface area contributed by atoms with Crippen molar-refractivity contribution in [2.75, 3.05) is 5.73 Å². The molecule has 0 amide bonds. The first-order chi connectivity index (χ1) is 9.06. The molecular weight excluding hydrogens is 238 g/mol. The lowest BCUT2D eigenvalue weighted by Crippen LogP contribution is -2.07. The van der Waals surface area contributed by atoms with Gasteiger partial charge in [0.15, 0.2) is 0 Å². The number of ether oxygens (including phenoxy) is 1. The molecule has 2 aromatic carbocycles. The molecule has 0 radical (unpaired) electrons.